The number of allylic oxidation sites excluding steroid dienone is 2. The SMILES string of the molecule is CCCCCCOC(C)c1c(C)c2cc3nc(c4c5[nH]c(cc6nc(cc1[nH]2)C(C)=C6CC)c(C)c5C(=O)C4)[C@@H](CCOC=O)[C@@H]3C. The molecule has 0 saturated heterocycles. The summed E-state index contributed by atoms with van der Waals surface area (Å²) < 4.78 is 11.6. The van der Waals surface area contributed by atoms with Gasteiger partial charge in [-0.25, -0.2) is 4.98 Å². The Hall–Kier alpha value is -4.04. The average Bonchev–Trinajstić information content (AvgIpc) is 3.80. The van der Waals surface area contributed by atoms with Crippen LogP contribution in [0.15, 0.2) is 18.2 Å². The van der Waals surface area contributed by atoms with Crippen molar-refractivity contribution >= 4 is 45.5 Å². The molecule has 8 nitrogen and oxygen atoms in total. The number of rotatable bonds is 12. The van der Waals surface area contributed by atoms with Gasteiger partial charge in [0.15, 0.2) is 5.78 Å². The molecule has 0 spiro atoms. The Kier molecular flexibility index (Phi) is 9.51. The molecule has 3 atom stereocenters. The predicted octanol–water partition coefficient (Wildman–Crippen LogP) is 9.12. The van der Waals surface area contributed by atoms with Crippen LogP contribution in [0.2, 0.25) is 0 Å². The van der Waals surface area contributed by atoms with Crippen LogP contribution in [0.25, 0.3) is 33.2 Å². The number of hydrogen-bond acceptors (Lipinski definition) is 6. The lowest BCUT2D eigenvalue weighted by Crippen LogP contribution is -2.08. The van der Waals surface area contributed by atoms with Crippen LogP contribution in [0.4, 0.5) is 0 Å². The second-order valence-corrected chi connectivity index (χ2v) is 13.4. The van der Waals surface area contributed by atoms with Crippen molar-refractivity contribution in [1.29, 1.82) is 0 Å². The minimum atomic E-state index is -0.105. The van der Waals surface area contributed by atoms with Crippen LogP contribution in [-0.4, -0.2) is 45.4 Å². The van der Waals surface area contributed by atoms with Gasteiger partial charge < -0.3 is 19.4 Å². The van der Waals surface area contributed by atoms with E-state index in [9.17, 15) is 9.59 Å². The lowest BCUT2D eigenvalue weighted by molar-refractivity contribution is -0.128. The fourth-order valence-electron chi connectivity index (χ4n) is 7.80. The number of nitrogens with one attached hydrogen (secondary N) is 2. The maximum Gasteiger partial charge on any atom is 0.293 e. The highest BCUT2D eigenvalue weighted by Crippen LogP contribution is 2.44. The van der Waals surface area contributed by atoms with E-state index in [2.05, 4.69) is 69.7 Å². The third-order valence-corrected chi connectivity index (χ3v) is 10.5. The van der Waals surface area contributed by atoms with Gasteiger partial charge in [-0.2, -0.15) is 0 Å². The fourth-order valence-corrected chi connectivity index (χ4v) is 7.80. The van der Waals surface area contributed by atoms with E-state index in [1.165, 1.54) is 24.8 Å². The van der Waals surface area contributed by atoms with Gasteiger partial charge in [-0.15, -0.1) is 0 Å². The van der Waals surface area contributed by atoms with Gasteiger partial charge in [0.2, 0.25) is 0 Å². The van der Waals surface area contributed by atoms with Gasteiger partial charge >= 0.3 is 0 Å². The molecule has 1 aliphatic carbocycles. The minimum absolute atomic E-state index is 0.000962. The number of ketones is 1. The Morgan fingerprint density at radius 3 is 2.47 bits per heavy atom. The third-order valence-electron chi connectivity index (χ3n) is 10.5. The van der Waals surface area contributed by atoms with Crippen molar-refractivity contribution in [2.75, 3.05) is 13.2 Å². The molecule has 3 aromatic heterocycles. The number of aryl methyl sites for hydroxylation is 2. The summed E-state index contributed by atoms with van der Waals surface area (Å²) in [6.07, 6.45) is 6.31. The number of H-pyrrole nitrogens is 2. The van der Waals surface area contributed by atoms with Crippen molar-refractivity contribution in [2.45, 2.75) is 111 Å². The molecule has 6 rings (SSSR count). The van der Waals surface area contributed by atoms with Crippen LogP contribution < -0.4 is 0 Å². The Bertz CT molecular complexity index is 1910. The topological polar surface area (TPSA) is 110 Å². The van der Waals surface area contributed by atoms with E-state index in [0.717, 1.165) is 97.7 Å². The molecule has 0 saturated carbocycles. The zero-order chi connectivity index (χ0) is 33.4. The average molecular weight is 637 g/mol. The van der Waals surface area contributed by atoms with Gasteiger partial charge in [-0.1, -0.05) is 40.0 Å². The summed E-state index contributed by atoms with van der Waals surface area (Å²) in [5.74, 6) is 0.166. The Labute approximate surface area is 277 Å². The molecule has 8 heteroatoms. The maximum absolute atomic E-state index is 13.5. The summed E-state index contributed by atoms with van der Waals surface area (Å²) in [6, 6.07) is 6.43. The van der Waals surface area contributed by atoms with Crippen LogP contribution in [-0.2, 0) is 20.7 Å². The lowest BCUT2D eigenvalue weighted by atomic mass is 9.87. The van der Waals surface area contributed by atoms with E-state index in [1.54, 1.807) is 0 Å². The van der Waals surface area contributed by atoms with Crippen LogP contribution in [0.3, 0.4) is 0 Å². The van der Waals surface area contributed by atoms with E-state index in [1.807, 2.05) is 6.92 Å². The van der Waals surface area contributed by atoms with E-state index in [-0.39, 0.29) is 23.7 Å². The lowest BCUT2D eigenvalue weighted by Gasteiger charge is -2.16. The molecule has 0 radical (unpaired) electrons. The predicted molar refractivity (Wildman–Crippen MR) is 188 cm³/mol. The number of carbonyl (C=O) groups is 2. The molecule has 2 aliphatic heterocycles. The van der Waals surface area contributed by atoms with E-state index >= 15 is 0 Å². The number of fused-ring (bicyclic) bond motifs is 8. The highest BCUT2D eigenvalue weighted by Gasteiger charge is 2.35. The molecule has 248 valence electrons. The number of carbonyl (C=O) groups excluding carboxylic acids is 2. The van der Waals surface area contributed by atoms with Crippen LogP contribution >= 0.6 is 0 Å². The highest BCUT2D eigenvalue weighted by atomic mass is 16.5. The largest absolute Gasteiger partial charge is 0.468 e. The molecule has 8 bridgehead atoms. The molecule has 3 aromatic rings. The summed E-state index contributed by atoms with van der Waals surface area (Å²) in [5, 5.41) is 0. The first-order valence-electron chi connectivity index (χ1n) is 17.4. The number of hydrogen-bond donors (Lipinski definition) is 2. The van der Waals surface area contributed by atoms with Crippen molar-refractivity contribution in [2.24, 2.45) is 0 Å². The van der Waals surface area contributed by atoms with Crippen molar-refractivity contribution in [3.05, 3.63) is 68.8 Å². The fraction of sp³-hybridized carbons (Fsp3) is 0.487. The van der Waals surface area contributed by atoms with Crippen LogP contribution in [0.5, 0.6) is 0 Å². The van der Waals surface area contributed by atoms with Gasteiger partial charge in [0.25, 0.3) is 6.47 Å². The monoisotopic (exact) mass is 636 g/mol. The first-order chi connectivity index (χ1) is 22.7. The molecule has 0 amide bonds. The smallest absolute Gasteiger partial charge is 0.293 e. The van der Waals surface area contributed by atoms with Gasteiger partial charge in [-0.3, -0.25) is 14.6 Å². The second-order valence-electron chi connectivity index (χ2n) is 13.4. The number of Topliss-reactive ketones (excluding diaryl/α,β-unsaturated/α-hetero) is 1. The Balaban J connectivity index is 1.64. The van der Waals surface area contributed by atoms with E-state index in [0.29, 0.717) is 25.9 Å². The summed E-state index contributed by atoms with van der Waals surface area (Å²) in [7, 11) is 0. The Morgan fingerprint density at radius 1 is 0.957 bits per heavy atom. The van der Waals surface area contributed by atoms with Crippen LogP contribution in [0.1, 0.15) is 146 Å². The third kappa shape index (κ3) is 5.97. The summed E-state index contributed by atoms with van der Waals surface area (Å²) in [5.41, 5.74) is 14.7. The zero-order valence-electron chi connectivity index (χ0n) is 28.9. The number of ether oxygens (including phenoxy) is 2. The Morgan fingerprint density at radius 2 is 1.72 bits per heavy atom. The van der Waals surface area contributed by atoms with E-state index < -0.39 is 0 Å². The van der Waals surface area contributed by atoms with Crippen molar-refractivity contribution in [3.8, 4) is 0 Å². The molecule has 0 fully saturated rings. The quantitative estimate of drug-likeness (QED) is 0.152. The first kappa shape index (κ1) is 32.9. The molecule has 3 aliphatic rings. The number of nitrogens with zero attached hydrogens (tertiary/aromatic N) is 2. The van der Waals surface area contributed by atoms with Gasteiger partial charge in [0.1, 0.15) is 0 Å². The van der Waals surface area contributed by atoms with Crippen molar-refractivity contribution in [3.63, 3.8) is 0 Å². The van der Waals surface area contributed by atoms with Crippen molar-refractivity contribution in [1.82, 2.24) is 19.9 Å². The van der Waals surface area contributed by atoms with E-state index in [4.69, 9.17) is 19.4 Å². The molecule has 0 aromatic carbocycles. The summed E-state index contributed by atoms with van der Waals surface area (Å²) >= 11 is 0. The number of unbranched alkanes of at least 4 members (excludes halogenated alkanes) is 3. The minimum Gasteiger partial charge on any atom is -0.468 e. The second kappa shape index (κ2) is 13.6. The highest BCUT2D eigenvalue weighted by molar-refractivity contribution is 6.13. The molecule has 5 heterocycles. The standard InChI is InChI=1S/C39H48N4O4/c1-8-10-11-12-14-47-25(7)36-23(5)31-17-30-22(4)27(13-15-46-20-44)38(42-30)28-16-35(45)37-24(6)32(43-39(28)37)18-33-26(9-2)21(3)29(40-33)19-34(36)41-31/h17-20,22,25,27,41,43H,8-16H2,1-7H3/t22-,25?,27-/m0/s1. The molecule has 2 N–H and O–H groups in total. The number of aromatic amines is 2. The van der Waals surface area contributed by atoms with Gasteiger partial charge in [-0.05, 0) is 87.4 Å². The maximum atomic E-state index is 13.5. The number of aromatic nitrogens is 4. The molecular weight excluding hydrogens is 588 g/mol. The van der Waals surface area contributed by atoms with Gasteiger partial charge in [0.05, 0.1) is 35.3 Å². The molecule has 1 unspecified atom stereocenters. The summed E-state index contributed by atoms with van der Waals surface area (Å²) in [4.78, 5) is 42.4. The van der Waals surface area contributed by atoms with Crippen molar-refractivity contribution < 1.29 is 19.1 Å². The van der Waals surface area contributed by atoms with Crippen LogP contribution in [0, 0.1) is 13.8 Å². The van der Waals surface area contributed by atoms with Gasteiger partial charge in [0, 0.05) is 63.8 Å². The first-order valence-corrected chi connectivity index (χ1v) is 17.4. The normalized spacial score (nSPS) is 17.9. The summed E-state index contributed by atoms with van der Waals surface area (Å²) in [6.45, 7) is 16.5. The molecule has 47 heavy (non-hydrogen) atoms. The molecular formula is C39H48N4O4. The zero-order valence-corrected chi connectivity index (χ0v) is 28.9.